The fourth-order valence-corrected chi connectivity index (χ4v) is 2.21. The molecule has 0 unspecified atom stereocenters. The van der Waals surface area contributed by atoms with Gasteiger partial charge in [0.05, 0.1) is 5.52 Å². The highest BCUT2D eigenvalue weighted by molar-refractivity contribution is 6.01. The Morgan fingerprint density at radius 3 is 2.37 bits per heavy atom. The largest absolute Gasteiger partial charge is 0.293 e. The molecule has 2 aromatic carbocycles. The van der Waals surface area contributed by atoms with Crippen LogP contribution in [-0.2, 0) is 0 Å². The SMILES string of the molecule is CC(=O)c1cc(-c2ccccc2)c2ccccc2n1. The molecule has 0 aliphatic rings. The number of hydrogen-bond donors (Lipinski definition) is 0. The van der Waals surface area contributed by atoms with E-state index in [0.717, 1.165) is 22.0 Å². The average molecular weight is 247 g/mol. The van der Waals surface area contributed by atoms with Crippen LogP contribution in [0, 0.1) is 0 Å². The van der Waals surface area contributed by atoms with Gasteiger partial charge < -0.3 is 0 Å². The molecule has 92 valence electrons. The van der Waals surface area contributed by atoms with Gasteiger partial charge in [-0.1, -0.05) is 48.5 Å². The van der Waals surface area contributed by atoms with Crippen molar-refractivity contribution in [3.63, 3.8) is 0 Å². The van der Waals surface area contributed by atoms with Crippen molar-refractivity contribution < 1.29 is 4.79 Å². The quantitative estimate of drug-likeness (QED) is 0.638. The van der Waals surface area contributed by atoms with Gasteiger partial charge in [-0.15, -0.1) is 0 Å². The zero-order valence-electron chi connectivity index (χ0n) is 10.6. The molecule has 0 bridgehead atoms. The van der Waals surface area contributed by atoms with Gasteiger partial charge in [0.15, 0.2) is 5.78 Å². The Hall–Kier alpha value is -2.48. The molecule has 1 aromatic heterocycles. The molecule has 0 radical (unpaired) electrons. The normalized spacial score (nSPS) is 10.6. The van der Waals surface area contributed by atoms with Crippen molar-refractivity contribution >= 4 is 16.7 Å². The highest BCUT2D eigenvalue weighted by Crippen LogP contribution is 2.28. The number of benzene rings is 2. The topological polar surface area (TPSA) is 30.0 Å². The summed E-state index contributed by atoms with van der Waals surface area (Å²) in [6, 6.07) is 19.9. The molecule has 2 nitrogen and oxygen atoms in total. The number of ketones is 1. The number of rotatable bonds is 2. The van der Waals surface area contributed by atoms with Gasteiger partial charge in [0, 0.05) is 12.3 Å². The first-order valence-corrected chi connectivity index (χ1v) is 6.22. The van der Waals surface area contributed by atoms with E-state index in [1.165, 1.54) is 0 Å². The van der Waals surface area contributed by atoms with Crippen LogP contribution in [0.4, 0.5) is 0 Å². The van der Waals surface area contributed by atoms with Crippen LogP contribution in [0.15, 0.2) is 60.7 Å². The van der Waals surface area contributed by atoms with E-state index in [4.69, 9.17) is 0 Å². The van der Waals surface area contributed by atoms with E-state index in [-0.39, 0.29) is 5.78 Å². The van der Waals surface area contributed by atoms with E-state index >= 15 is 0 Å². The number of aromatic nitrogens is 1. The molecule has 19 heavy (non-hydrogen) atoms. The highest BCUT2D eigenvalue weighted by Gasteiger charge is 2.09. The molecular weight excluding hydrogens is 234 g/mol. The third-order valence-corrected chi connectivity index (χ3v) is 3.16. The van der Waals surface area contributed by atoms with Gasteiger partial charge >= 0.3 is 0 Å². The molecule has 0 spiro atoms. The minimum absolute atomic E-state index is 0.0112. The van der Waals surface area contributed by atoms with Gasteiger partial charge in [-0.2, -0.15) is 0 Å². The molecule has 3 aromatic rings. The standard InChI is InChI=1S/C17H13NO/c1-12(19)17-11-15(13-7-3-2-4-8-13)14-9-5-6-10-16(14)18-17/h2-11H,1H3. The molecule has 2 heteroatoms. The van der Waals surface area contributed by atoms with Crippen LogP contribution in [0.25, 0.3) is 22.0 Å². The summed E-state index contributed by atoms with van der Waals surface area (Å²) >= 11 is 0. The maximum Gasteiger partial charge on any atom is 0.178 e. The first-order valence-electron chi connectivity index (χ1n) is 6.22. The lowest BCUT2D eigenvalue weighted by Gasteiger charge is -2.08. The number of hydrogen-bond acceptors (Lipinski definition) is 2. The molecule has 0 atom stereocenters. The summed E-state index contributed by atoms with van der Waals surface area (Å²) in [4.78, 5) is 16.0. The molecule has 3 rings (SSSR count). The Labute approximate surface area is 111 Å². The Morgan fingerprint density at radius 1 is 0.947 bits per heavy atom. The van der Waals surface area contributed by atoms with Crippen molar-refractivity contribution in [2.24, 2.45) is 0 Å². The first-order chi connectivity index (χ1) is 9.25. The van der Waals surface area contributed by atoms with Gasteiger partial charge in [0.25, 0.3) is 0 Å². The summed E-state index contributed by atoms with van der Waals surface area (Å²) < 4.78 is 0. The maximum absolute atomic E-state index is 11.6. The summed E-state index contributed by atoms with van der Waals surface area (Å²) in [5, 5.41) is 1.07. The Balaban J connectivity index is 2.36. The number of para-hydroxylation sites is 1. The Bertz CT molecular complexity index is 748. The molecule has 0 amide bonds. The van der Waals surface area contributed by atoms with Gasteiger partial charge in [-0.05, 0) is 23.3 Å². The number of pyridine rings is 1. The zero-order valence-corrected chi connectivity index (χ0v) is 10.6. The van der Waals surface area contributed by atoms with Crippen molar-refractivity contribution in [3.05, 3.63) is 66.4 Å². The smallest absolute Gasteiger partial charge is 0.178 e. The van der Waals surface area contributed by atoms with E-state index in [0.29, 0.717) is 5.69 Å². The minimum Gasteiger partial charge on any atom is -0.293 e. The number of carbonyl (C=O) groups excluding carboxylic acids is 1. The third-order valence-electron chi connectivity index (χ3n) is 3.16. The molecule has 0 saturated carbocycles. The predicted octanol–water partition coefficient (Wildman–Crippen LogP) is 4.10. The minimum atomic E-state index is -0.0112. The van der Waals surface area contributed by atoms with Crippen molar-refractivity contribution in [1.82, 2.24) is 4.98 Å². The molecule has 0 aliphatic heterocycles. The molecule has 0 N–H and O–H groups in total. The summed E-state index contributed by atoms with van der Waals surface area (Å²) in [5.74, 6) is -0.0112. The number of fused-ring (bicyclic) bond motifs is 1. The van der Waals surface area contributed by atoms with Gasteiger partial charge in [0.1, 0.15) is 5.69 Å². The van der Waals surface area contributed by atoms with Gasteiger partial charge in [0.2, 0.25) is 0 Å². The van der Waals surface area contributed by atoms with Gasteiger partial charge in [-0.3, -0.25) is 4.79 Å². The number of Topliss-reactive ketones (excluding diaryl/α,β-unsaturated/α-hetero) is 1. The van der Waals surface area contributed by atoms with E-state index in [1.54, 1.807) is 6.92 Å². The molecule has 0 aliphatic carbocycles. The van der Waals surface area contributed by atoms with Crippen LogP contribution in [0.1, 0.15) is 17.4 Å². The number of nitrogens with zero attached hydrogens (tertiary/aromatic N) is 1. The molecule has 1 heterocycles. The summed E-state index contributed by atoms with van der Waals surface area (Å²) in [6.45, 7) is 1.55. The zero-order chi connectivity index (χ0) is 13.2. The highest BCUT2D eigenvalue weighted by atomic mass is 16.1. The Morgan fingerprint density at radius 2 is 1.63 bits per heavy atom. The first kappa shape index (κ1) is 11.6. The van der Waals surface area contributed by atoms with Crippen LogP contribution in [-0.4, -0.2) is 10.8 Å². The van der Waals surface area contributed by atoms with Crippen molar-refractivity contribution in [2.75, 3.05) is 0 Å². The average Bonchev–Trinajstić information content (AvgIpc) is 2.47. The fourth-order valence-electron chi connectivity index (χ4n) is 2.21. The molecule has 0 fully saturated rings. The van der Waals surface area contributed by atoms with Crippen molar-refractivity contribution in [1.29, 1.82) is 0 Å². The summed E-state index contributed by atoms with van der Waals surface area (Å²) in [7, 11) is 0. The van der Waals surface area contributed by atoms with Crippen molar-refractivity contribution in [3.8, 4) is 11.1 Å². The number of carbonyl (C=O) groups is 1. The van der Waals surface area contributed by atoms with E-state index < -0.39 is 0 Å². The van der Waals surface area contributed by atoms with Crippen LogP contribution in [0.2, 0.25) is 0 Å². The van der Waals surface area contributed by atoms with Gasteiger partial charge in [-0.25, -0.2) is 4.98 Å². The monoisotopic (exact) mass is 247 g/mol. The van der Waals surface area contributed by atoms with E-state index in [1.807, 2.05) is 60.7 Å². The van der Waals surface area contributed by atoms with Crippen LogP contribution >= 0.6 is 0 Å². The second-order valence-electron chi connectivity index (χ2n) is 4.49. The van der Waals surface area contributed by atoms with E-state index in [2.05, 4.69) is 4.98 Å². The maximum atomic E-state index is 11.6. The lowest BCUT2D eigenvalue weighted by Crippen LogP contribution is -1.98. The summed E-state index contributed by atoms with van der Waals surface area (Å²) in [6.07, 6.45) is 0. The predicted molar refractivity (Wildman–Crippen MR) is 77.2 cm³/mol. The van der Waals surface area contributed by atoms with Crippen LogP contribution in [0.5, 0.6) is 0 Å². The molecular formula is C17H13NO. The fraction of sp³-hybridized carbons (Fsp3) is 0.0588. The Kier molecular flexibility index (Phi) is 2.84. The van der Waals surface area contributed by atoms with Crippen LogP contribution < -0.4 is 0 Å². The third kappa shape index (κ3) is 2.13. The van der Waals surface area contributed by atoms with Crippen molar-refractivity contribution in [2.45, 2.75) is 6.92 Å². The summed E-state index contributed by atoms with van der Waals surface area (Å²) in [5.41, 5.74) is 3.52. The lowest BCUT2D eigenvalue weighted by molar-refractivity contribution is 0.101. The van der Waals surface area contributed by atoms with E-state index in [9.17, 15) is 4.79 Å². The second kappa shape index (κ2) is 4.65. The lowest BCUT2D eigenvalue weighted by atomic mass is 9.99. The second-order valence-corrected chi connectivity index (χ2v) is 4.49. The molecule has 0 saturated heterocycles. The van der Waals surface area contributed by atoms with Crippen LogP contribution in [0.3, 0.4) is 0 Å².